The highest BCUT2D eigenvalue weighted by Crippen LogP contribution is 2.34. The van der Waals surface area contributed by atoms with Gasteiger partial charge in [0, 0.05) is 12.2 Å². The van der Waals surface area contributed by atoms with Gasteiger partial charge in [-0.1, -0.05) is 42.1 Å². The predicted molar refractivity (Wildman–Crippen MR) is 117 cm³/mol. The number of carbonyl (C=O) groups is 2. The summed E-state index contributed by atoms with van der Waals surface area (Å²) in [4.78, 5) is 31.3. The zero-order valence-corrected chi connectivity index (χ0v) is 18.2. The second-order valence-corrected chi connectivity index (χ2v) is 7.49. The molecule has 0 saturated heterocycles. The summed E-state index contributed by atoms with van der Waals surface area (Å²) in [5.41, 5.74) is -0.315. The molecule has 6 nitrogen and oxygen atoms in total. The molecule has 32 heavy (non-hydrogen) atoms. The second-order valence-electron chi connectivity index (χ2n) is 6.71. The first kappa shape index (κ1) is 23.4. The molecular weight excluding hydrogens is 441 g/mol. The van der Waals surface area contributed by atoms with Crippen molar-refractivity contribution in [3.63, 3.8) is 0 Å². The van der Waals surface area contributed by atoms with Crippen LogP contribution in [-0.2, 0) is 11.0 Å². The fourth-order valence-electron chi connectivity index (χ4n) is 3.15. The number of amides is 2. The van der Waals surface area contributed by atoms with Crippen molar-refractivity contribution in [1.29, 1.82) is 0 Å². The number of likely N-dealkylation sites (N-methyl/N-ethyl adjacent to an activating group) is 1. The number of para-hydroxylation sites is 2. The number of benzene rings is 2. The minimum Gasteiger partial charge on any atom is -0.328 e. The first-order valence-corrected chi connectivity index (χ1v) is 10.9. The topological polar surface area (TPSA) is 67.2 Å². The number of rotatable bonds is 7. The average molecular weight is 462 g/mol. The van der Waals surface area contributed by atoms with E-state index in [2.05, 4.69) is 10.3 Å². The Morgan fingerprint density at radius 3 is 2.38 bits per heavy atom. The summed E-state index contributed by atoms with van der Waals surface area (Å²) in [6.45, 7) is 1.46. The highest BCUT2D eigenvalue weighted by atomic mass is 32.2. The number of aromatic nitrogens is 2. The number of hydrogen-bond acceptors (Lipinski definition) is 4. The normalized spacial score (nSPS) is 11.3. The predicted octanol–water partition coefficient (Wildman–Crippen LogP) is 4.71. The first-order chi connectivity index (χ1) is 15.3. The highest BCUT2D eigenvalue weighted by molar-refractivity contribution is 7.98. The van der Waals surface area contributed by atoms with Crippen LogP contribution in [0.4, 0.5) is 18.9 Å². The van der Waals surface area contributed by atoms with Crippen LogP contribution in [0.3, 0.4) is 0 Å². The molecular formula is C22H21F3N4O2S. The SMILES string of the molecule is CCN(CC(=O)Nc1ccccc1C(F)(F)F)C(=O)c1cnc(SC)n1-c1ccccc1. The largest absolute Gasteiger partial charge is 0.418 e. The minimum absolute atomic E-state index is 0.182. The number of halogens is 3. The van der Waals surface area contributed by atoms with E-state index in [0.717, 1.165) is 11.8 Å². The number of nitrogens with one attached hydrogen (secondary N) is 1. The molecule has 0 radical (unpaired) electrons. The van der Waals surface area contributed by atoms with Gasteiger partial charge in [0.2, 0.25) is 5.91 Å². The van der Waals surface area contributed by atoms with Gasteiger partial charge in [-0.05, 0) is 37.4 Å². The van der Waals surface area contributed by atoms with Crippen molar-refractivity contribution in [2.75, 3.05) is 24.7 Å². The van der Waals surface area contributed by atoms with Crippen molar-refractivity contribution < 1.29 is 22.8 Å². The third kappa shape index (κ3) is 5.13. The molecule has 0 bridgehead atoms. The standard InChI is InChI=1S/C22H21F3N4O2S/c1-3-28(14-19(30)27-17-12-8-7-11-16(17)22(23,24)25)20(31)18-13-26-21(32-2)29(18)15-9-5-4-6-10-15/h4-13H,3,14H2,1-2H3,(H,27,30). The third-order valence-electron chi connectivity index (χ3n) is 4.66. The summed E-state index contributed by atoms with van der Waals surface area (Å²) in [6, 6.07) is 13.9. The molecule has 1 heterocycles. The van der Waals surface area contributed by atoms with E-state index in [9.17, 15) is 22.8 Å². The van der Waals surface area contributed by atoms with Crippen LogP contribution in [0.5, 0.6) is 0 Å². The molecule has 3 aromatic rings. The van der Waals surface area contributed by atoms with Crippen LogP contribution in [0.1, 0.15) is 23.0 Å². The Balaban J connectivity index is 1.83. The molecule has 0 saturated carbocycles. The number of imidazole rings is 1. The van der Waals surface area contributed by atoms with Gasteiger partial charge in [0.25, 0.3) is 5.91 Å². The molecule has 0 aliphatic heterocycles. The van der Waals surface area contributed by atoms with Crippen molar-refractivity contribution in [2.24, 2.45) is 0 Å². The van der Waals surface area contributed by atoms with Crippen LogP contribution in [0.2, 0.25) is 0 Å². The molecule has 0 unspecified atom stereocenters. The molecule has 168 valence electrons. The number of alkyl halides is 3. The van der Waals surface area contributed by atoms with Crippen molar-refractivity contribution >= 4 is 29.3 Å². The van der Waals surface area contributed by atoms with Crippen molar-refractivity contribution in [1.82, 2.24) is 14.5 Å². The van der Waals surface area contributed by atoms with Crippen molar-refractivity contribution in [3.8, 4) is 5.69 Å². The maximum absolute atomic E-state index is 13.2. The number of carbonyl (C=O) groups excluding carboxylic acids is 2. The number of hydrogen-bond donors (Lipinski definition) is 1. The van der Waals surface area contributed by atoms with Gasteiger partial charge in [-0.15, -0.1) is 0 Å². The Morgan fingerprint density at radius 1 is 1.09 bits per heavy atom. The van der Waals surface area contributed by atoms with Crippen LogP contribution in [-0.4, -0.2) is 45.6 Å². The van der Waals surface area contributed by atoms with Gasteiger partial charge in [0.15, 0.2) is 5.16 Å². The van der Waals surface area contributed by atoms with E-state index >= 15 is 0 Å². The van der Waals surface area contributed by atoms with E-state index in [1.54, 1.807) is 11.5 Å². The van der Waals surface area contributed by atoms with Gasteiger partial charge >= 0.3 is 6.18 Å². The monoisotopic (exact) mass is 462 g/mol. The fourth-order valence-corrected chi connectivity index (χ4v) is 3.69. The molecule has 10 heteroatoms. The molecule has 2 amide bonds. The number of anilines is 1. The summed E-state index contributed by atoms with van der Waals surface area (Å²) < 4.78 is 41.3. The Kier molecular flexibility index (Phi) is 7.24. The van der Waals surface area contributed by atoms with Gasteiger partial charge in [-0.3, -0.25) is 14.2 Å². The van der Waals surface area contributed by atoms with Gasteiger partial charge in [-0.2, -0.15) is 13.2 Å². The van der Waals surface area contributed by atoms with Crippen LogP contribution < -0.4 is 5.32 Å². The molecule has 0 aliphatic carbocycles. The molecule has 0 aliphatic rings. The molecule has 1 aromatic heterocycles. The van der Waals surface area contributed by atoms with Gasteiger partial charge < -0.3 is 10.2 Å². The first-order valence-electron chi connectivity index (χ1n) is 9.68. The number of thioether (sulfide) groups is 1. The smallest absolute Gasteiger partial charge is 0.328 e. The molecule has 0 spiro atoms. The van der Waals surface area contributed by atoms with Crippen molar-refractivity contribution in [3.05, 3.63) is 72.1 Å². The summed E-state index contributed by atoms with van der Waals surface area (Å²) >= 11 is 1.36. The Labute approximate surface area is 187 Å². The van der Waals surface area contributed by atoms with Crippen molar-refractivity contribution in [2.45, 2.75) is 18.3 Å². The quantitative estimate of drug-likeness (QED) is 0.517. The van der Waals surface area contributed by atoms with E-state index in [1.807, 2.05) is 36.6 Å². The fraction of sp³-hybridized carbons (Fsp3) is 0.227. The van der Waals surface area contributed by atoms with Gasteiger partial charge in [0.1, 0.15) is 12.2 Å². The maximum Gasteiger partial charge on any atom is 0.418 e. The van der Waals surface area contributed by atoms with Crippen LogP contribution in [0, 0.1) is 0 Å². The van der Waals surface area contributed by atoms with E-state index in [1.165, 1.54) is 41.1 Å². The molecule has 0 atom stereocenters. The summed E-state index contributed by atoms with van der Waals surface area (Å²) in [5, 5.41) is 2.87. The number of nitrogens with zero attached hydrogens (tertiary/aromatic N) is 3. The average Bonchev–Trinajstić information content (AvgIpc) is 3.21. The lowest BCUT2D eigenvalue weighted by atomic mass is 10.1. The molecule has 0 fully saturated rings. The van der Waals surface area contributed by atoms with E-state index in [4.69, 9.17) is 0 Å². The molecule has 1 N–H and O–H groups in total. The minimum atomic E-state index is -4.61. The lowest BCUT2D eigenvalue weighted by Gasteiger charge is -2.22. The Bertz CT molecular complexity index is 1100. The second kappa shape index (κ2) is 9.90. The molecule has 2 aromatic carbocycles. The van der Waals surface area contributed by atoms with Crippen LogP contribution >= 0.6 is 11.8 Å². The summed E-state index contributed by atoms with van der Waals surface area (Å²) in [5.74, 6) is -1.18. The zero-order chi connectivity index (χ0) is 23.3. The van der Waals surface area contributed by atoms with E-state index in [0.29, 0.717) is 5.16 Å². The van der Waals surface area contributed by atoms with Crippen LogP contribution in [0.15, 0.2) is 66.0 Å². The molecule has 3 rings (SSSR count). The zero-order valence-electron chi connectivity index (χ0n) is 17.4. The van der Waals surface area contributed by atoms with Gasteiger partial charge in [0.05, 0.1) is 17.4 Å². The lowest BCUT2D eigenvalue weighted by molar-refractivity contribution is -0.137. The summed E-state index contributed by atoms with van der Waals surface area (Å²) in [7, 11) is 0. The Morgan fingerprint density at radius 2 is 1.75 bits per heavy atom. The lowest BCUT2D eigenvalue weighted by Crippen LogP contribution is -2.39. The summed E-state index contributed by atoms with van der Waals surface area (Å²) in [6.07, 6.45) is -1.35. The van der Waals surface area contributed by atoms with Gasteiger partial charge in [-0.25, -0.2) is 4.98 Å². The highest BCUT2D eigenvalue weighted by Gasteiger charge is 2.33. The maximum atomic E-state index is 13.2. The third-order valence-corrected chi connectivity index (χ3v) is 5.31. The Hall–Kier alpha value is -3.27. The van der Waals surface area contributed by atoms with E-state index < -0.39 is 30.1 Å². The van der Waals surface area contributed by atoms with Crippen LogP contribution in [0.25, 0.3) is 5.69 Å². The van der Waals surface area contributed by atoms with E-state index in [-0.39, 0.29) is 17.9 Å².